The first-order valence-corrected chi connectivity index (χ1v) is 15.9. The van der Waals surface area contributed by atoms with E-state index in [-0.39, 0.29) is 0 Å². The van der Waals surface area contributed by atoms with Crippen LogP contribution in [0.2, 0.25) is 0 Å². The lowest BCUT2D eigenvalue weighted by Gasteiger charge is -1.92. The Morgan fingerprint density at radius 3 is 1.20 bits per heavy atom. The van der Waals surface area contributed by atoms with Gasteiger partial charge in [0.15, 0.2) is 0 Å². The van der Waals surface area contributed by atoms with Crippen molar-refractivity contribution >= 4 is 75.2 Å². The van der Waals surface area contributed by atoms with Crippen LogP contribution in [0.5, 0.6) is 0 Å². The highest BCUT2D eigenvalue weighted by Gasteiger charge is 2.09. The second-order valence-electron chi connectivity index (χ2n) is 0.781. The first kappa shape index (κ1) is 7.62. The van der Waals surface area contributed by atoms with Crippen molar-refractivity contribution in [3.8, 4) is 0 Å². The predicted octanol–water partition coefficient (Wildman–Crippen LogP) is 1.09. The van der Waals surface area contributed by atoms with Crippen molar-refractivity contribution in [2.75, 3.05) is 0 Å². The van der Waals surface area contributed by atoms with Gasteiger partial charge >= 0.3 is 0 Å². The van der Waals surface area contributed by atoms with E-state index in [2.05, 4.69) is 65.4 Å². The van der Waals surface area contributed by atoms with Crippen LogP contribution in [0, 0.1) is 0 Å². The van der Waals surface area contributed by atoms with E-state index in [1.54, 1.807) is 0 Å². The lowest BCUT2D eigenvalue weighted by atomic mass is 27.1. The molecular weight excluding hydrogens is 437 g/mol. The van der Waals surface area contributed by atoms with E-state index in [1.165, 1.54) is 9.76 Å². The molecule has 0 bridgehead atoms. The molecule has 0 saturated carbocycles. The van der Waals surface area contributed by atoms with Crippen molar-refractivity contribution in [2.45, 2.75) is 0 Å². The van der Waals surface area contributed by atoms with Gasteiger partial charge < -0.3 is 0 Å². The molecule has 0 saturated heterocycles. The van der Waals surface area contributed by atoms with Crippen LogP contribution in [-0.4, -0.2) is 9.84 Å². The van der Waals surface area contributed by atoms with Crippen molar-refractivity contribution in [1.29, 1.82) is 0 Å². The Bertz CT molecular complexity index is 20.4. The van der Waals surface area contributed by atoms with Crippen LogP contribution < -0.4 is 0 Å². The largest absolute Gasteiger partial charge is 0.231 e. The molecule has 0 aliphatic rings. The van der Waals surface area contributed by atoms with Crippen LogP contribution in [0.4, 0.5) is 0 Å². The van der Waals surface area contributed by atoms with Crippen LogP contribution in [0.3, 0.4) is 0 Å². The van der Waals surface area contributed by atoms with E-state index in [9.17, 15) is 0 Å². The van der Waals surface area contributed by atoms with Crippen LogP contribution in [0.1, 0.15) is 0 Å². The molecule has 5 heavy (non-hydrogen) atoms. The maximum absolute atomic E-state index is 2.55. The predicted molar refractivity (Wildman–Crippen MR) is 57.8 cm³/mol. The van der Waals surface area contributed by atoms with Gasteiger partial charge in [-0.2, -0.15) is 0 Å². The Morgan fingerprint density at radius 2 is 1.20 bits per heavy atom. The summed E-state index contributed by atoms with van der Waals surface area (Å²) in [6, 6.07) is 0. The molecule has 0 radical (unpaired) electrons. The third-order valence-electron chi connectivity index (χ3n) is 0. The first-order valence-electron chi connectivity index (χ1n) is 1.07. The Hall–Kier alpha value is 2.62. The van der Waals surface area contributed by atoms with Crippen LogP contribution in [0.25, 0.3) is 0 Å². The molecule has 0 nitrogen and oxygen atoms in total. The normalized spacial score (nSPS) is 12.6. The second kappa shape index (κ2) is 2.82. The first-order chi connectivity index (χ1) is 2.00. The fraction of sp³-hybridized carbons (Fsp3) is 0. The summed E-state index contributed by atoms with van der Waals surface area (Å²) >= 11 is 7.65. The van der Waals surface area contributed by atoms with E-state index in [4.69, 9.17) is 0 Å². The topological polar surface area (TPSA) is 0 Å². The molecule has 5 heteroatoms. The van der Waals surface area contributed by atoms with Gasteiger partial charge in [0.25, 0.3) is 0 Å². The maximum atomic E-state index is 2.55. The Kier molecular flexibility index (Phi) is 4.30. The zero-order valence-corrected chi connectivity index (χ0v) is 12.1. The van der Waals surface area contributed by atoms with E-state index >= 15 is 0 Å². The van der Waals surface area contributed by atoms with Gasteiger partial charge in [0, 0.05) is 9.76 Å². The minimum atomic E-state index is -0.562. The standard InChI is InChI=1S/H3I3Si2/c1-5(2,3)4/h4H3. The number of halogens is 3. The fourth-order valence-corrected chi connectivity index (χ4v) is 0. The van der Waals surface area contributed by atoms with E-state index < -0.39 is 0.0813 Å². The quantitative estimate of drug-likeness (QED) is 0.301. The molecule has 0 fully saturated rings. The molecule has 0 aromatic heterocycles. The molecule has 0 atom stereocenters. The minimum Gasteiger partial charge on any atom is -0.0958 e. The molecule has 0 spiro atoms. The van der Waals surface area contributed by atoms with E-state index in [1.807, 2.05) is 0 Å². The third-order valence-corrected chi connectivity index (χ3v) is 0. The fourth-order valence-electron chi connectivity index (χ4n) is 0. The summed E-state index contributed by atoms with van der Waals surface area (Å²) in [6.45, 7) is 0. The Morgan fingerprint density at radius 1 is 1.20 bits per heavy atom. The average Bonchev–Trinajstić information content (AvgIpc) is 0.722. The highest BCUT2D eigenvalue weighted by molar-refractivity contribution is 14.4. The summed E-state index contributed by atoms with van der Waals surface area (Å²) < 4.78 is -0.562. The molecule has 0 aromatic rings. The van der Waals surface area contributed by atoms with Gasteiger partial charge in [-0.15, -0.1) is 0 Å². The van der Waals surface area contributed by atoms with Gasteiger partial charge in [0.1, 0.15) is 0 Å². The van der Waals surface area contributed by atoms with E-state index in [0.717, 1.165) is 0 Å². The Labute approximate surface area is 73.7 Å². The van der Waals surface area contributed by atoms with Gasteiger partial charge in [0.2, 0.25) is 0.0813 Å². The van der Waals surface area contributed by atoms with Crippen LogP contribution >= 0.6 is 65.4 Å². The molecule has 0 amide bonds. The number of rotatable bonds is 0. The summed E-state index contributed by atoms with van der Waals surface area (Å²) in [5.74, 6) is 0. The monoisotopic (exact) mass is 440 g/mol. The summed E-state index contributed by atoms with van der Waals surface area (Å²) in [5.41, 5.74) is 0. The number of hydrogen-bond donors (Lipinski definition) is 0. The summed E-state index contributed by atoms with van der Waals surface area (Å²) in [5, 5.41) is 0. The zero-order chi connectivity index (χ0) is 4.50. The van der Waals surface area contributed by atoms with Crippen LogP contribution in [-0.2, 0) is 0 Å². The van der Waals surface area contributed by atoms with Gasteiger partial charge in [0.05, 0.1) is 0 Å². The van der Waals surface area contributed by atoms with Crippen LogP contribution in [0.15, 0.2) is 0 Å². The molecular formula is H3I3Si2. The average molecular weight is 440 g/mol. The zero-order valence-electron chi connectivity index (χ0n) is 2.63. The lowest BCUT2D eigenvalue weighted by molar-refractivity contribution is 4.58. The maximum Gasteiger partial charge on any atom is 0.231 e. The highest BCUT2D eigenvalue weighted by Crippen LogP contribution is 2.23. The third kappa shape index (κ3) is 20.6. The molecule has 32 valence electrons. The SMILES string of the molecule is [SiH3][Si](I)(I)I. The smallest absolute Gasteiger partial charge is 0.0958 e. The van der Waals surface area contributed by atoms with Gasteiger partial charge in [-0.3, -0.25) is 0 Å². The summed E-state index contributed by atoms with van der Waals surface area (Å²) in [7, 11) is 1.41. The van der Waals surface area contributed by atoms with Gasteiger partial charge in [-0.1, -0.05) is 65.4 Å². The van der Waals surface area contributed by atoms with Crippen molar-refractivity contribution in [1.82, 2.24) is 0 Å². The summed E-state index contributed by atoms with van der Waals surface area (Å²) in [4.78, 5) is 0. The second-order valence-corrected chi connectivity index (χ2v) is 63.2. The summed E-state index contributed by atoms with van der Waals surface area (Å²) in [6.07, 6.45) is 0. The molecule has 0 unspecified atom stereocenters. The molecule has 0 heterocycles. The van der Waals surface area contributed by atoms with E-state index in [0.29, 0.717) is 0 Å². The molecule has 0 rings (SSSR count). The molecule has 0 N–H and O–H groups in total. The van der Waals surface area contributed by atoms with Gasteiger partial charge in [-0.25, -0.2) is 0 Å². The number of hydrogen-bond acceptors (Lipinski definition) is 0. The molecule has 0 aliphatic heterocycles. The molecule has 0 aromatic carbocycles. The lowest BCUT2D eigenvalue weighted by Crippen LogP contribution is -2.02. The molecule has 0 aliphatic carbocycles. The van der Waals surface area contributed by atoms with Crippen molar-refractivity contribution in [3.63, 3.8) is 0 Å². The Balaban J connectivity index is 3.02. The van der Waals surface area contributed by atoms with Gasteiger partial charge in [-0.05, 0) is 0 Å². The van der Waals surface area contributed by atoms with Crippen molar-refractivity contribution in [3.05, 3.63) is 0 Å². The highest BCUT2D eigenvalue weighted by atomic mass is 127. The van der Waals surface area contributed by atoms with Crippen molar-refractivity contribution in [2.24, 2.45) is 0 Å². The van der Waals surface area contributed by atoms with Crippen molar-refractivity contribution < 1.29 is 0 Å². The minimum absolute atomic E-state index is 0.562.